The van der Waals surface area contributed by atoms with Gasteiger partial charge in [-0.05, 0) is 61.5 Å². The molecule has 0 unspecified atom stereocenters. The van der Waals surface area contributed by atoms with Crippen LogP contribution in [0.25, 0.3) is 17.4 Å². The highest BCUT2D eigenvalue weighted by Gasteiger charge is 2.38. The fourth-order valence-corrected chi connectivity index (χ4v) is 5.88. The van der Waals surface area contributed by atoms with Gasteiger partial charge in [-0.1, -0.05) is 59.8 Å². The minimum absolute atomic E-state index is 0.0103. The maximum atomic E-state index is 13.8. The molecule has 0 bridgehead atoms. The summed E-state index contributed by atoms with van der Waals surface area (Å²) >= 11 is 12.6. The molecule has 1 saturated heterocycles. The van der Waals surface area contributed by atoms with Crippen LogP contribution in [0.5, 0.6) is 11.6 Å². The standard InChI is InChI=1S/C29H20ClN5O4S2/c1-17-24(28(38)35(32(17)2)19-8-4-3-5-9-19)34-27(37)22(41-29(34)40)16-21-25(39-20-13-11-18(30)12-14-20)31-23-10-6-7-15-33(23)26(21)36/h3-16H,1-2H3. The van der Waals surface area contributed by atoms with Gasteiger partial charge in [0.2, 0.25) is 5.88 Å². The number of hydrogen-bond acceptors (Lipinski definition) is 7. The van der Waals surface area contributed by atoms with Crippen molar-refractivity contribution in [3.63, 3.8) is 0 Å². The van der Waals surface area contributed by atoms with Gasteiger partial charge < -0.3 is 4.74 Å². The van der Waals surface area contributed by atoms with Crippen LogP contribution in [-0.2, 0) is 11.8 Å². The third kappa shape index (κ3) is 4.67. The molecule has 1 fully saturated rings. The number of pyridine rings is 1. The molecule has 0 saturated carbocycles. The van der Waals surface area contributed by atoms with E-state index in [1.165, 1.54) is 20.1 Å². The number of thioether (sulfide) groups is 1. The van der Waals surface area contributed by atoms with Crippen molar-refractivity contribution in [2.45, 2.75) is 6.92 Å². The number of ether oxygens (including phenoxy) is 1. The fraction of sp³-hybridized carbons (Fsp3) is 0.0690. The number of benzene rings is 2. The van der Waals surface area contributed by atoms with E-state index in [1.54, 1.807) is 79.4 Å². The van der Waals surface area contributed by atoms with Crippen molar-refractivity contribution in [3.8, 4) is 17.3 Å². The average molecular weight is 602 g/mol. The van der Waals surface area contributed by atoms with Crippen LogP contribution in [0.1, 0.15) is 11.3 Å². The van der Waals surface area contributed by atoms with Gasteiger partial charge in [-0.25, -0.2) is 4.68 Å². The molecular formula is C29H20ClN5O4S2. The number of rotatable bonds is 5. The van der Waals surface area contributed by atoms with E-state index in [0.29, 0.717) is 27.8 Å². The van der Waals surface area contributed by atoms with Crippen molar-refractivity contribution < 1.29 is 9.53 Å². The Bertz CT molecular complexity index is 2010. The Labute approximate surface area is 247 Å². The van der Waals surface area contributed by atoms with Crippen molar-refractivity contribution in [1.82, 2.24) is 18.7 Å². The van der Waals surface area contributed by atoms with Gasteiger partial charge in [0.1, 0.15) is 22.6 Å². The number of amides is 1. The quantitative estimate of drug-likeness (QED) is 0.198. The second-order valence-electron chi connectivity index (χ2n) is 9.05. The fourth-order valence-electron chi connectivity index (χ4n) is 4.50. The Morgan fingerprint density at radius 1 is 0.951 bits per heavy atom. The second kappa shape index (κ2) is 10.5. The van der Waals surface area contributed by atoms with Crippen LogP contribution >= 0.6 is 35.6 Å². The van der Waals surface area contributed by atoms with Crippen molar-refractivity contribution in [2.24, 2.45) is 7.05 Å². The summed E-state index contributed by atoms with van der Waals surface area (Å²) in [6, 6.07) is 20.8. The number of anilines is 1. The number of carbonyl (C=O) groups excluding carboxylic acids is 1. The molecule has 0 N–H and O–H groups in total. The summed E-state index contributed by atoms with van der Waals surface area (Å²) in [7, 11) is 1.74. The summed E-state index contributed by atoms with van der Waals surface area (Å²) in [5.41, 5.74) is 0.932. The van der Waals surface area contributed by atoms with E-state index in [-0.39, 0.29) is 26.4 Å². The molecule has 0 spiro atoms. The van der Waals surface area contributed by atoms with Gasteiger partial charge in [0.05, 0.1) is 16.3 Å². The van der Waals surface area contributed by atoms with Gasteiger partial charge in [0.15, 0.2) is 4.32 Å². The predicted molar refractivity (Wildman–Crippen MR) is 164 cm³/mol. The summed E-state index contributed by atoms with van der Waals surface area (Å²) in [6.45, 7) is 1.75. The molecule has 204 valence electrons. The molecule has 1 aliphatic rings. The molecule has 2 aromatic carbocycles. The van der Waals surface area contributed by atoms with E-state index in [1.807, 2.05) is 18.2 Å². The minimum atomic E-state index is -0.527. The summed E-state index contributed by atoms with van der Waals surface area (Å²) in [6.07, 6.45) is 2.99. The topological polar surface area (TPSA) is 90.8 Å². The zero-order valence-electron chi connectivity index (χ0n) is 21.6. The lowest BCUT2D eigenvalue weighted by Crippen LogP contribution is -2.33. The molecular weight excluding hydrogens is 582 g/mol. The van der Waals surface area contributed by atoms with Crippen molar-refractivity contribution in [2.75, 3.05) is 4.90 Å². The summed E-state index contributed by atoms with van der Waals surface area (Å²) in [4.78, 5) is 46.9. The summed E-state index contributed by atoms with van der Waals surface area (Å²) in [5.74, 6) is -0.109. The average Bonchev–Trinajstić information content (AvgIpc) is 3.36. The Morgan fingerprint density at radius 3 is 2.39 bits per heavy atom. The third-order valence-electron chi connectivity index (χ3n) is 6.58. The Morgan fingerprint density at radius 2 is 1.66 bits per heavy atom. The number of nitrogens with zero attached hydrogens (tertiary/aromatic N) is 5. The first-order chi connectivity index (χ1) is 19.7. The van der Waals surface area contributed by atoms with Crippen molar-refractivity contribution in [1.29, 1.82) is 0 Å². The first-order valence-corrected chi connectivity index (χ1v) is 13.9. The summed E-state index contributed by atoms with van der Waals surface area (Å²) in [5, 5.41) is 0.523. The van der Waals surface area contributed by atoms with E-state index < -0.39 is 17.0 Å². The lowest BCUT2D eigenvalue weighted by atomic mass is 10.2. The SMILES string of the molecule is Cc1c(N2C(=O)C(=Cc3c(Oc4ccc(Cl)cc4)nc4ccccn4c3=O)SC2=S)c(=O)n(-c2ccccc2)n1C. The Hall–Kier alpha value is -4.45. The highest BCUT2D eigenvalue weighted by Crippen LogP contribution is 2.37. The zero-order valence-corrected chi connectivity index (χ0v) is 24.0. The third-order valence-corrected chi connectivity index (χ3v) is 8.13. The Kier molecular flexibility index (Phi) is 6.86. The zero-order chi connectivity index (χ0) is 28.8. The highest BCUT2D eigenvalue weighted by molar-refractivity contribution is 8.27. The molecule has 0 atom stereocenters. The molecule has 0 aliphatic carbocycles. The lowest BCUT2D eigenvalue weighted by molar-refractivity contribution is -0.113. The van der Waals surface area contributed by atoms with Crippen LogP contribution in [-0.4, -0.2) is 29.0 Å². The molecule has 1 aliphatic heterocycles. The van der Waals surface area contributed by atoms with Crippen LogP contribution in [0.4, 0.5) is 5.69 Å². The number of hydrogen-bond donors (Lipinski definition) is 0. The van der Waals surface area contributed by atoms with Gasteiger partial charge in [0.25, 0.3) is 17.0 Å². The minimum Gasteiger partial charge on any atom is -0.438 e. The van der Waals surface area contributed by atoms with Crippen LogP contribution in [0.3, 0.4) is 0 Å². The maximum Gasteiger partial charge on any atom is 0.296 e. The van der Waals surface area contributed by atoms with E-state index in [2.05, 4.69) is 4.98 Å². The van der Waals surface area contributed by atoms with Crippen molar-refractivity contribution >= 4 is 63.2 Å². The normalized spacial score (nSPS) is 14.4. The number of thiocarbonyl (C=S) groups is 1. The second-order valence-corrected chi connectivity index (χ2v) is 11.2. The van der Waals surface area contributed by atoms with Crippen LogP contribution in [0.15, 0.2) is 93.5 Å². The van der Waals surface area contributed by atoms with Gasteiger partial charge in [-0.3, -0.25) is 28.4 Å². The predicted octanol–water partition coefficient (Wildman–Crippen LogP) is 5.34. The van der Waals surface area contributed by atoms with Crippen LogP contribution in [0.2, 0.25) is 5.02 Å². The number of fused-ring (bicyclic) bond motifs is 1. The number of halogens is 1. The molecule has 9 nitrogen and oxygen atoms in total. The molecule has 6 rings (SSSR count). The van der Waals surface area contributed by atoms with Crippen LogP contribution < -0.4 is 20.8 Å². The maximum absolute atomic E-state index is 13.8. The monoisotopic (exact) mass is 601 g/mol. The first-order valence-electron chi connectivity index (χ1n) is 12.3. The van der Waals surface area contributed by atoms with Gasteiger partial charge in [0, 0.05) is 18.3 Å². The van der Waals surface area contributed by atoms with E-state index in [0.717, 1.165) is 11.8 Å². The number of aromatic nitrogens is 4. The van der Waals surface area contributed by atoms with E-state index >= 15 is 0 Å². The molecule has 0 radical (unpaired) electrons. The van der Waals surface area contributed by atoms with Crippen molar-refractivity contribution in [3.05, 3.63) is 121 Å². The highest BCUT2D eigenvalue weighted by atomic mass is 35.5. The van der Waals surface area contributed by atoms with E-state index in [9.17, 15) is 14.4 Å². The van der Waals surface area contributed by atoms with Gasteiger partial charge in [-0.15, -0.1) is 0 Å². The molecule has 12 heteroatoms. The molecule has 41 heavy (non-hydrogen) atoms. The summed E-state index contributed by atoms with van der Waals surface area (Å²) < 4.78 is 10.7. The molecule has 4 heterocycles. The molecule has 5 aromatic rings. The van der Waals surface area contributed by atoms with Gasteiger partial charge in [-0.2, -0.15) is 4.98 Å². The molecule has 3 aromatic heterocycles. The lowest BCUT2D eigenvalue weighted by Gasteiger charge is -2.12. The smallest absolute Gasteiger partial charge is 0.296 e. The van der Waals surface area contributed by atoms with E-state index in [4.69, 9.17) is 28.6 Å². The Balaban J connectivity index is 1.46. The number of para-hydroxylation sites is 1. The largest absolute Gasteiger partial charge is 0.438 e. The first kappa shape index (κ1) is 26.8. The molecule has 1 amide bonds. The van der Waals surface area contributed by atoms with Crippen LogP contribution in [0, 0.1) is 6.92 Å². The van der Waals surface area contributed by atoms with Gasteiger partial charge >= 0.3 is 0 Å². The number of carbonyl (C=O) groups is 1.